The van der Waals surface area contributed by atoms with Crippen molar-refractivity contribution in [1.82, 2.24) is 14.5 Å². The number of fused-ring (bicyclic) bond motifs is 3. The molecule has 3 heterocycles. The fraction of sp³-hybridized carbons (Fsp3) is 0.690. The largest absolute Gasteiger partial charge is 0.302 e. The highest BCUT2D eigenvalue weighted by Gasteiger charge is 2.44. The molecule has 1 aliphatic carbocycles. The van der Waals surface area contributed by atoms with Gasteiger partial charge in [0, 0.05) is 31.1 Å². The van der Waals surface area contributed by atoms with Crippen LogP contribution in [-0.4, -0.2) is 38.4 Å². The standard InChI is InChI=1S/C29H41N3O2/c1-21(33)28-29(34)32(27-16-12-11-15-26(27)30-28)25-19-23-17-18-24(20-25)31(23)22-13-9-7-5-3-2-4-6-8-10-14-22/h11-12,15-16,22-25H,2-10,13-14,17-20H2,1H3/t23-,24+,25+. The van der Waals surface area contributed by atoms with Crippen LogP contribution in [0.2, 0.25) is 0 Å². The van der Waals surface area contributed by atoms with Gasteiger partial charge in [-0.1, -0.05) is 69.9 Å². The SMILES string of the molecule is CC(=O)c1nc2ccccc2n([C@H]2C[C@H]3CC[C@@H](C2)N3C2CCCCCCCCCCC2)c1=O. The molecule has 3 fully saturated rings. The van der Waals surface area contributed by atoms with E-state index in [-0.39, 0.29) is 23.1 Å². The Morgan fingerprint density at radius 1 is 0.765 bits per heavy atom. The predicted molar refractivity (Wildman–Crippen MR) is 138 cm³/mol. The number of hydrogen-bond acceptors (Lipinski definition) is 4. The highest BCUT2D eigenvalue weighted by Crippen LogP contribution is 2.44. The quantitative estimate of drug-likeness (QED) is 0.492. The summed E-state index contributed by atoms with van der Waals surface area (Å²) in [5.74, 6) is -0.238. The molecule has 0 radical (unpaired) electrons. The molecule has 1 saturated carbocycles. The van der Waals surface area contributed by atoms with Crippen molar-refractivity contribution < 1.29 is 4.79 Å². The fourth-order valence-corrected chi connectivity index (χ4v) is 7.18. The smallest absolute Gasteiger partial charge is 0.280 e. The number of Topliss-reactive ketones (excluding diaryl/α,β-unsaturated/α-hetero) is 1. The second-order valence-corrected chi connectivity index (χ2v) is 11.1. The van der Waals surface area contributed by atoms with E-state index in [0.717, 1.165) is 23.9 Å². The number of carbonyl (C=O) groups is 1. The van der Waals surface area contributed by atoms with Gasteiger partial charge in [-0.15, -0.1) is 0 Å². The number of rotatable bonds is 3. The molecule has 1 aromatic heterocycles. The molecule has 0 spiro atoms. The zero-order valence-electron chi connectivity index (χ0n) is 20.9. The Morgan fingerprint density at radius 2 is 1.32 bits per heavy atom. The van der Waals surface area contributed by atoms with Gasteiger partial charge >= 0.3 is 0 Å². The zero-order chi connectivity index (χ0) is 23.5. The molecule has 0 unspecified atom stereocenters. The first-order valence-corrected chi connectivity index (χ1v) is 13.9. The van der Waals surface area contributed by atoms with E-state index in [0.29, 0.717) is 18.1 Å². The minimum absolute atomic E-state index is 0.0905. The van der Waals surface area contributed by atoms with Crippen molar-refractivity contribution in [2.75, 3.05) is 0 Å². The van der Waals surface area contributed by atoms with Gasteiger partial charge < -0.3 is 4.57 Å². The number of nitrogens with zero attached hydrogens (tertiary/aromatic N) is 3. The maximum absolute atomic E-state index is 13.4. The van der Waals surface area contributed by atoms with Crippen LogP contribution in [0.25, 0.3) is 11.0 Å². The molecule has 0 N–H and O–H groups in total. The number of carbonyl (C=O) groups excluding carboxylic acids is 1. The number of para-hydroxylation sites is 2. The average Bonchev–Trinajstić information content (AvgIpc) is 3.08. The van der Waals surface area contributed by atoms with Crippen LogP contribution in [-0.2, 0) is 0 Å². The molecule has 2 saturated heterocycles. The Labute approximate surface area is 203 Å². The molecular weight excluding hydrogens is 422 g/mol. The summed E-state index contributed by atoms with van der Waals surface area (Å²) in [5, 5.41) is 0. The van der Waals surface area contributed by atoms with Gasteiger partial charge in [-0.25, -0.2) is 4.98 Å². The van der Waals surface area contributed by atoms with Crippen LogP contribution in [0.3, 0.4) is 0 Å². The summed E-state index contributed by atoms with van der Waals surface area (Å²) in [6.07, 6.45) is 19.7. The van der Waals surface area contributed by atoms with Gasteiger partial charge in [0.25, 0.3) is 5.56 Å². The first kappa shape index (κ1) is 23.7. The lowest BCUT2D eigenvalue weighted by Gasteiger charge is -2.44. The minimum atomic E-state index is -0.238. The van der Waals surface area contributed by atoms with E-state index < -0.39 is 0 Å². The molecule has 5 rings (SSSR count). The molecule has 5 heteroatoms. The van der Waals surface area contributed by atoms with E-state index in [4.69, 9.17) is 0 Å². The van der Waals surface area contributed by atoms with Gasteiger partial charge in [-0.2, -0.15) is 0 Å². The minimum Gasteiger partial charge on any atom is -0.302 e. The van der Waals surface area contributed by atoms with Crippen molar-refractivity contribution in [2.24, 2.45) is 0 Å². The number of hydrogen-bond donors (Lipinski definition) is 0. The summed E-state index contributed by atoms with van der Waals surface area (Å²) >= 11 is 0. The Kier molecular flexibility index (Phi) is 7.48. The molecule has 3 aliphatic rings. The van der Waals surface area contributed by atoms with E-state index in [1.807, 2.05) is 28.8 Å². The Morgan fingerprint density at radius 3 is 1.91 bits per heavy atom. The third-order valence-electron chi connectivity index (χ3n) is 8.75. The summed E-state index contributed by atoms with van der Waals surface area (Å²) < 4.78 is 1.93. The normalized spacial score (nSPS) is 27.9. The average molecular weight is 464 g/mol. The summed E-state index contributed by atoms with van der Waals surface area (Å²) in [7, 11) is 0. The molecular formula is C29H41N3O2. The molecule has 2 aliphatic heterocycles. The van der Waals surface area contributed by atoms with Crippen LogP contribution in [0.4, 0.5) is 0 Å². The molecule has 5 nitrogen and oxygen atoms in total. The summed E-state index contributed by atoms with van der Waals surface area (Å²) in [4.78, 5) is 33.0. The van der Waals surface area contributed by atoms with Crippen molar-refractivity contribution in [2.45, 2.75) is 127 Å². The van der Waals surface area contributed by atoms with E-state index >= 15 is 0 Å². The summed E-state index contributed by atoms with van der Waals surface area (Å²) in [6, 6.07) is 9.80. The lowest BCUT2D eigenvalue weighted by atomic mass is 9.90. The van der Waals surface area contributed by atoms with Crippen LogP contribution < -0.4 is 5.56 Å². The molecule has 3 atom stereocenters. The molecule has 184 valence electrons. The van der Waals surface area contributed by atoms with E-state index in [1.165, 1.54) is 90.4 Å². The van der Waals surface area contributed by atoms with Crippen LogP contribution in [0.5, 0.6) is 0 Å². The molecule has 34 heavy (non-hydrogen) atoms. The van der Waals surface area contributed by atoms with Gasteiger partial charge in [0.15, 0.2) is 11.5 Å². The van der Waals surface area contributed by atoms with E-state index in [2.05, 4.69) is 9.88 Å². The first-order valence-electron chi connectivity index (χ1n) is 13.9. The maximum Gasteiger partial charge on any atom is 0.280 e. The van der Waals surface area contributed by atoms with Gasteiger partial charge in [0.1, 0.15) is 0 Å². The van der Waals surface area contributed by atoms with Crippen molar-refractivity contribution in [3.8, 4) is 0 Å². The van der Waals surface area contributed by atoms with Crippen molar-refractivity contribution in [1.29, 1.82) is 0 Å². The Hall–Kier alpha value is -2.01. The zero-order valence-corrected chi connectivity index (χ0v) is 20.9. The van der Waals surface area contributed by atoms with E-state index in [9.17, 15) is 9.59 Å². The molecule has 2 aromatic rings. The first-order chi connectivity index (χ1) is 16.6. The predicted octanol–water partition coefficient (Wildman–Crippen LogP) is 6.44. The number of piperidine rings is 1. The van der Waals surface area contributed by atoms with Crippen molar-refractivity contribution >= 4 is 16.8 Å². The van der Waals surface area contributed by atoms with Crippen LogP contribution in [0.15, 0.2) is 29.1 Å². The molecule has 2 bridgehead atoms. The highest BCUT2D eigenvalue weighted by atomic mass is 16.1. The van der Waals surface area contributed by atoms with Gasteiger partial charge in [0.05, 0.1) is 11.0 Å². The highest BCUT2D eigenvalue weighted by molar-refractivity contribution is 5.93. The van der Waals surface area contributed by atoms with E-state index in [1.54, 1.807) is 0 Å². The monoisotopic (exact) mass is 463 g/mol. The number of aromatic nitrogens is 2. The van der Waals surface area contributed by atoms with Crippen molar-refractivity contribution in [3.63, 3.8) is 0 Å². The summed E-state index contributed by atoms with van der Waals surface area (Å²) in [6.45, 7) is 1.46. The van der Waals surface area contributed by atoms with Crippen LogP contribution in [0, 0.1) is 0 Å². The third-order valence-corrected chi connectivity index (χ3v) is 8.75. The maximum atomic E-state index is 13.4. The van der Waals surface area contributed by atoms with Crippen LogP contribution in [0.1, 0.15) is 120 Å². The molecule has 1 aromatic carbocycles. The molecule has 0 amide bonds. The Balaban J connectivity index is 1.39. The number of ketones is 1. The third kappa shape index (κ3) is 4.86. The Bertz CT molecular complexity index is 1040. The van der Waals surface area contributed by atoms with Crippen molar-refractivity contribution in [3.05, 3.63) is 40.3 Å². The topological polar surface area (TPSA) is 55.2 Å². The number of benzene rings is 1. The lowest BCUT2D eigenvalue weighted by molar-refractivity contribution is 0.0513. The lowest BCUT2D eigenvalue weighted by Crippen LogP contribution is -2.50. The second-order valence-electron chi connectivity index (χ2n) is 11.1. The second kappa shape index (κ2) is 10.7. The van der Waals surface area contributed by atoms with Gasteiger partial charge in [0.2, 0.25) is 0 Å². The van der Waals surface area contributed by atoms with Crippen LogP contribution >= 0.6 is 0 Å². The summed E-state index contributed by atoms with van der Waals surface area (Å²) in [5.41, 5.74) is 1.52. The fourth-order valence-electron chi connectivity index (χ4n) is 7.18. The van der Waals surface area contributed by atoms with Gasteiger partial charge in [-0.3, -0.25) is 14.5 Å². The van der Waals surface area contributed by atoms with Gasteiger partial charge in [-0.05, 0) is 50.7 Å².